The van der Waals surface area contributed by atoms with E-state index in [1.54, 1.807) is 14.2 Å². The summed E-state index contributed by atoms with van der Waals surface area (Å²) in [7, 11) is 3.25. The minimum absolute atomic E-state index is 0.0726. The van der Waals surface area contributed by atoms with E-state index in [-0.39, 0.29) is 18.4 Å². The van der Waals surface area contributed by atoms with Gasteiger partial charge in [-0.15, -0.1) is 0 Å². The van der Waals surface area contributed by atoms with E-state index in [0.29, 0.717) is 32.3 Å². The molecule has 7 rings (SSSR count). The van der Waals surface area contributed by atoms with Crippen LogP contribution in [0, 0.1) is 0 Å². The summed E-state index contributed by atoms with van der Waals surface area (Å²) in [6.45, 7) is 0.208. The third-order valence-electron chi connectivity index (χ3n) is 7.29. The molecule has 0 amide bonds. The van der Waals surface area contributed by atoms with Gasteiger partial charge in [0, 0.05) is 5.56 Å². The van der Waals surface area contributed by atoms with E-state index in [0.717, 1.165) is 40.8 Å². The Balaban J connectivity index is 1.46. The fourth-order valence-corrected chi connectivity index (χ4v) is 6.50. The Kier molecular flexibility index (Phi) is 5.37. The number of allylic oxidation sites excluding steroid dienone is 1. The van der Waals surface area contributed by atoms with Gasteiger partial charge in [-0.2, -0.15) is 0 Å². The van der Waals surface area contributed by atoms with Gasteiger partial charge in [-0.3, -0.25) is 9.36 Å². The molecule has 0 N–H and O–H groups in total. The van der Waals surface area contributed by atoms with E-state index in [1.807, 2.05) is 53.1 Å². The van der Waals surface area contributed by atoms with Crippen molar-refractivity contribution in [2.75, 3.05) is 21.0 Å². The Bertz CT molecular complexity index is 1820. The Morgan fingerprint density at radius 1 is 0.974 bits per heavy atom. The SMILES string of the molecule is COc1ccc(C2C3=C(N=c4sc(=Cc5ccc6c(c5)OCO6)c(=O)n42)c2ccccc2CC3)cc1OC. The lowest BCUT2D eigenvalue weighted by Crippen LogP contribution is -2.38. The number of ether oxygens (including phenoxy) is 4. The molecule has 0 fully saturated rings. The van der Waals surface area contributed by atoms with Crippen LogP contribution in [-0.2, 0) is 6.42 Å². The lowest BCUT2D eigenvalue weighted by atomic mass is 9.83. The smallest absolute Gasteiger partial charge is 0.271 e. The molecule has 4 aromatic rings. The van der Waals surface area contributed by atoms with Crippen LogP contribution in [-0.4, -0.2) is 25.6 Å². The minimum atomic E-state index is -0.298. The van der Waals surface area contributed by atoms with Crippen LogP contribution in [0.4, 0.5) is 0 Å². The molecule has 3 heterocycles. The van der Waals surface area contributed by atoms with Crippen molar-refractivity contribution in [1.29, 1.82) is 0 Å². The predicted molar refractivity (Wildman–Crippen MR) is 145 cm³/mol. The van der Waals surface area contributed by atoms with Crippen molar-refractivity contribution in [3.8, 4) is 23.0 Å². The number of rotatable bonds is 4. The lowest BCUT2D eigenvalue weighted by Gasteiger charge is -2.31. The van der Waals surface area contributed by atoms with Crippen molar-refractivity contribution in [1.82, 2.24) is 4.57 Å². The van der Waals surface area contributed by atoms with Gasteiger partial charge in [0.05, 0.1) is 30.5 Å². The number of hydrogen-bond donors (Lipinski definition) is 0. The average molecular weight is 525 g/mol. The fourth-order valence-electron chi connectivity index (χ4n) is 5.50. The molecule has 0 spiro atoms. The minimum Gasteiger partial charge on any atom is -0.493 e. The highest BCUT2D eigenvalue weighted by Crippen LogP contribution is 2.42. The Labute approximate surface area is 222 Å². The Morgan fingerprint density at radius 2 is 1.82 bits per heavy atom. The van der Waals surface area contributed by atoms with E-state index in [9.17, 15) is 4.79 Å². The van der Waals surface area contributed by atoms with E-state index in [4.69, 9.17) is 23.9 Å². The summed E-state index contributed by atoms with van der Waals surface area (Å²) in [5, 5.41) is 0. The standard InChI is InChI=1S/C30H24N2O5S/c1-34-22-12-9-19(15-24(22)35-2)28-21-10-8-18-5-3-4-6-20(18)27(21)31-30-32(28)29(33)26(38-30)14-17-7-11-23-25(13-17)37-16-36-23/h3-7,9,11-15,28H,8,10,16H2,1-2H3. The number of fused-ring (bicyclic) bond motifs is 4. The first kappa shape index (κ1) is 22.9. The van der Waals surface area contributed by atoms with E-state index in [1.165, 1.54) is 16.9 Å². The first-order chi connectivity index (χ1) is 18.6. The van der Waals surface area contributed by atoms with Crippen molar-refractivity contribution in [2.24, 2.45) is 4.99 Å². The van der Waals surface area contributed by atoms with Gasteiger partial charge < -0.3 is 18.9 Å². The van der Waals surface area contributed by atoms with E-state index in [2.05, 4.69) is 18.2 Å². The number of aromatic nitrogens is 1. The van der Waals surface area contributed by atoms with Crippen LogP contribution in [0.5, 0.6) is 23.0 Å². The summed E-state index contributed by atoms with van der Waals surface area (Å²) < 4.78 is 24.5. The predicted octanol–water partition coefficient (Wildman–Crippen LogP) is 4.06. The molecule has 38 heavy (non-hydrogen) atoms. The molecule has 7 nitrogen and oxygen atoms in total. The molecule has 8 heteroatoms. The van der Waals surface area contributed by atoms with Crippen molar-refractivity contribution in [3.05, 3.63) is 108 Å². The van der Waals surface area contributed by atoms with Crippen molar-refractivity contribution in [3.63, 3.8) is 0 Å². The molecule has 1 unspecified atom stereocenters. The van der Waals surface area contributed by atoms with Gasteiger partial charge in [-0.05, 0) is 65.4 Å². The molecule has 1 aliphatic carbocycles. The van der Waals surface area contributed by atoms with Crippen molar-refractivity contribution < 1.29 is 18.9 Å². The highest BCUT2D eigenvalue weighted by molar-refractivity contribution is 7.07. The van der Waals surface area contributed by atoms with Gasteiger partial charge in [0.1, 0.15) is 0 Å². The number of nitrogens with zero attached hydrogens (tertiary/aromatic N) is 2. The second-order valence-electron chi connectivity index (χ2n) is 9.34. The van der Waals surface area contributed by atoms with E-state index < -0.39 is 0 Å². The van der Waals surface area contributed by atoms with E-state index >= 15 is 0 Å². The first-order valence-corrected chi connectivity index (χ1v) is 13.2. The first-order valence-electron chi connectivity index (χ1n) is 12.4. The van der Waals surface area contributed by atoms with Gasteiger partial charge in [-0.1, -0.05) is 47.7 Å². The van der Waals surface area contributed by atoms with Gasteiger partial charge >= 0.3 is 0 Å². The summed E-state index contributed by atoms with van der Waals surface area (Å²) in [4.78, 5) is 19.7. The molecular formula is C30H24N2O5S. The Hall–Kier alpha value is -4.30. The molecule has 0 radical (unpaired) electrons. The second kappa shape index (κ2) is 8.92. The monoisotopic (exact) mass is 524 g/mol. The number of benzene rings is 3. The normalized spacial score (nSPS) is 17.4. The number of methoxy groups -OCH3 is 2. The fraction of sp³-hybridized carbons (Fsp3) is 0.200. The average Bonchev–Trinajstić information content (AvgIpc) is 3.55. The van der Waals surface area contributed by atoms with Crippen LogP contribution in [0.1, 0.15) is 34.7 Å². The van der Waals surface area contributed by atoms with Gasteiger partial charge in [-0.25, -0.2) is 4.99 Å². The molecule has 1 atom stereocenters. The molecule has 190 valence electrons. The van der Waals surface area contributed by atoms with Gasteiger partial charge in [0.15, 0.2) is 27.8 Å². The van der Waals surface area contributed by atoms with Crippen molar-refractivity contribution in [2.45, 2.75) is 18.9 Å². The highest BCUT2D eigenvalue weighted by atomic mass is 32.1. The maximum Gasteiger partial charge on any atom is 0.271 e. The van der Waals surface area contributed by atoms with Crippen LogP contribution < -0.4 is 33.8 Å². The molecule has 3 aromatic carbocycles. The molecule has 3 aliphatic rings. The Morgan fingerprint density at radius 3 is 2.68 bits per heavy atom. The lowest BCUT2D eigenvalue weighted by molar-refractivity contribution is 0.174. The molecule has 1 aromatic heterocycles. The summed E-state index contributed by atoms with van der Waals surface area (Å²) >= 11 is 1.40. The van der Waals surface area contributed by atoms with Crippen LogP contribution in [0.2, 0.25) is 0 Å². The van der Waals surface area contributed by atoms with Crippen LogP contribution in [0.25, 0.3) is 11.8 Å². The number of thiazole rings is 1. The van der Waals surface area contributed by atoms with Crippen molar-refractivity contribution >= 4 is 23.1 Å². The van der Waals surface area contributed by atoms with Crippen LogP contribution >= 0.6 is 11.3 Å². The number of aryl methyl sites for hydroxylation is 1. The topological polar surface area (TPSA) is 71.3 Å². The second-order valence-corrected chi connectivity index (χ2v) is 10.3. The summed E-state index contributed by atoms with van der Waals surface area (Å²) in [6.07, 6.45) is 3.62. The highest BCUT2D eigenvalue weighted by Gasteiger charge is 2.33. The largest absolute Gasteiger partial charge is 0.493 e. The summed E-state index contributed by atoms with van der Waals surface area (Å²) in [5.74, 6) is 2.67. The third-order valence-corrected chi connectivity index (χ3v) is 8.27. The quantitative estimate of drug-likeness (QED) is 0.403. The molecular weight excluding hydrogens is 500 g/mol. The molecule has 0 saturated heterocycles. The third kappa shape index (κ3) is 3.55. The zero-order chi connectivity index (χ0) is 25.8. The van der Waals surface area contributed by atoms with Gasteiger partial charge in [0.2, 0.25) is 6.79 Å². The summed E-state index contributed by atoms with van der Waals surface area (Å²) in [5.41, 5.74) is 6.27. The van der Waals surface area contributed by atoms with Crippen LogP contribution in [0.3, 0.4) is 0 Å². The maximum absolute atomic E-state index is 14.0. The molecule has 0 bridgehead atoms. The zero-order valence-electron chi connectivity index (χ0n) is 20.9. The number of hydrogen-bond acceptors (Lipinski definition) is 7. The zero-order valence-corrected chi connectivity index (χ0v) is 21.7. The molecule has 0 saturated carbocycles. The molecule has 2 aliphatic heterocycles. The summed E-state index contributed by atoms with van der Waals surface area (Å²) in [6, 6.07) is 19.7. The van der Waals surface area contributed by atoms with Crippen LogP contribution in [0.15, 0.2) is 76.0 Å². The maximum atomic E-state index is 14.0. The van der Waals surface area contributed by atoms with Gasteiger partial charge in [0.25, 0.3) is 5.56 Å².